The fraction of sp³-hybridized carbons (Fsp3) is 0.304. The number of hydrogen-bond donors (Lipinski definition) is 0. The van der Waals surface area contributed by atoms with Crippen LogP contribution in [0.4, 0.5) is 0 Å². The van der Waals surface area contributed by atoms with Gasteiger partial charge in [-0.2, -0.15) is 4.98 Å². The van der Waals surface area contributed by atoms with Gasteiger partial charge in [-0.25, -0.2) is 4.98 Å². The fourth-order valence-electron chi connectivity index (χ4n) is 3.31. The zero-order valence-corrected chi connectivity index (χ0v) is 17.2. The van der Waals surface area contributed by atoms with E-state index in [2.05, 4.69) is 27.3 Å². The Labute approximate surface area is 174 Å². The van der Waals surface area contributed by atoms with Gasteiger partial charge in [0.15, 0.2) is 17.3 Å². The third-order valence-corrected chi connectivity index (χ3v) is 4.92. The van der Waals surface area contributed by atoms with Crippen LogP contribution in [-0.4, -0.2) is 33.0 Å². The first-order valence-electron chi connectivity index (χ1n) is 10.1. The molecule has 0 N–H and O–H groups in total. The summed E-state index contributed by atoms with van der Waals surface area (Å²) in [7, 11) is 1.71. The molecule has 2 aromatic heterocycles. The van der Waals surface area contributed by atoms with E-state index in [-0.39, 0.29) is 12.5 Å². The first kappa shape index (κ1) is 19.8. The number of oxazole rings is 1. The van der Waals surface area contributed by atoms with Crippen molar-refractivity contribution in [3.63, 3.8) is 0 Å². The van der Waals surface area contributed by atoms with Crippen LogP contribution in [0.1, 0.15) is 46.9 Å². The van der Waals surface area contributed by atoms with Crippen molar-refractivity contribution in [2.24, 2.45) is 0 Å². The molecule has 0 spiro atoms. The summed E-state index contributed by atoms with van der Waals surface area (Å²) >= 11 is 0. The van der Waals surface area contributed by atoms with E-state index in [0.29, 0.717) is 40.7 Å². The molecule has 4 aromatic rings. The van der Waals surface area contributed by atoms with Gasteiger partial charge in [0.05, 0.1) is 6.54 Å². The predicted molar refractivity (Wildman–Crippen MR) is 112 cm³/mol. The highest BCUT2D eigenvalue weighted by Crippen LogP contribution is 2.20. The highest BCUT2D eigenvalue weighted by Gasteiger charge is 2.17. The number of benzene rings is 2. The lowest BCUT2D eigenvalue weighted by Crippen LogP contribution is -2.26. The standard InChI is InChI=1S/C23H24N4O3/c1-3-21-25-20(26-30-21)15-27(2)23(28)17-12-13-19-18(14-17)24-22(29-19)11-7-10-16-8-5-4-6-9-16/h4-6,8-9,12-14H,3,7,10-11,15H2,1-2H3. The predicted octanol–water partition coefficient (Wildman–Crippen LogP) is 4.22. The smallest absolute Gasteiger partial charge is 0.254 e. The second kappa shape index (κ2) is 8.90. The van der Waals surface area contributed by atoms with Crippen LogP contribution >= 0.6 is 0 Å². The molecule has 30 heavy (non-hydrogen) atoms. The van der Waals surface area contributed by atoms with Gasteiger partial charge in [0.25, 0.3) is 5.91 Å². The van der Waals surface area contributed by atoms with E-state index in [0.717, 1.165) is 19.3 Å². The maximum Gasteiger partial charge on any atom is 0.254 e. The van der Waals surface area contributed by atoms with E-state index in [1.807, 2.05) is 25.1 Å². The third kappa shape index (κ3) is 4.56. The van der Waals surface area contributed by atoms with Crippen LogP contribution in [-0.2, 0) is 25.8 Å². The lowest BCUT2D eigenvalue weighted by molar-refractivity contribution is 0.0780. The van der Waals surface area contributed by atoms with Crippen molar-refractivity contribution < 1.29 is 13.7 Å². The SMILES string of the molecule is CCc1nc(CN(C)C(=O)c2ccc3oc(CCCc4ccccc4)nc3c2)no1. The van der Waals surface area contributed by atoms with E-state index in [1.54, 1.807) is 30.1 Å². The Morgan fingerprint density at radius 1 is 1.03 bits per heavy atom. The summed E-state index contributed by atoms with van der Waals surface area (Å²) in [5.74, 6) is 1.62. The number of rotatable bonds is 8. The summed E-state index contributed by atoms with van der Waals surface area (Å²) < 4.78 is 10.9. The molecule has 0 saturated carbocycles. The summed E-state index contributed by atoms with van der Waals surface area (Å²) in [4.78, 5) is 23.2. The van der Waals surface area contributed by atoms with E-state index in [1.165, 1.54) is 5.56 Å². The number of aryl methyl sites for hydroxylation is 3. The van der Waals surface area contributed by atoms with Crippen molar-refractivity contribution in [1.82, 2.24) is 20.0 Å². The molecule has 0 aliphatic heterocycles. The molecule has 1 amide bonds. The quantitative estimate of drug-likeness (QED) is 0.437. The van der Waals surface area contributed by atoms with Crippen molar-refractivity contribution in [2.75, 3.05) is 7.05 Å². The number of fused-ring (bicyclic) bond motifs is 1. The maximum atomic E-state index is 12.8. The summed E-state index contributed by atoms with van der Waals surface area (Å²) in [5, 5.41) is 3.90. The zero-order chi connectivity index (χ0) is 20.9. The number of carbonyl (C=O) groups is 1. The molecule has 2 heterocycles. The van der Waals surface area contributed by atoms with Crippen molar-refractivity contribution >= 4 is 17.0 Å². The third-order valence-electron chi connectivity index (χ3n) is 4.92. The van der Waals surface area contributed by atoms with Crippen LogP contribution in [0.15, 0.2) is 57.5 Å². The molecule has 0 unspecified atom stereocenters. The minimum atomic E-state index is -0.131. The van der Waals surface area contributed by atoms with Crippen molar-refractivity contribution in [3.05, 3.63) is 77.3 Å². The van der Waals surface area contributed by atoms with Crippen molar-refractivity contribution in [2.45, 2.75) is 39.2 Å². The molecular weight excluding hydrogens is 380 g/mol. The number of aromatic nitrogens is 3. The molecule has 0 fully saturated rings. The number of nitrogens with zero attached hydrogens (tertiary/aromatic N) is 4. The average molecular weight is 404 g/mol. The molecule has 0 aliphatic carbocycles. The van der Waals surface area contributed by atoms with Crippen molar-refractivity contribution in [1.29, 1.82) is 0 Å². The second-order valence-corrected chi connectivity index (χ2v) is 7.25. The molecular formula is C23H24N4O3. The van der Waals surface area contributed by atoms with Crippen LogP contribution in [0.25, 0.3) is 11.1 Å². The highest BCUT2D eigenvalue weighted by atomic mass is 16.5. The van der Waals surface area contributed by atoms with Crippen molar-refractivity contribution in [3.8, 4) is 0 Å². The molecule has 0 saturated heterocycles. The van der Waals surface area contributed by atoms with E-state index in [9.17, 15) is 4.79 Å². The van der Waals surface area contributed by atoms with Gasteiger partial charge in [-0.05, 0) is 36.6 Å². The molecule has 7 nitrogen and oxygen atoms in total. The summed E-state index contributed by atoms with van der Waals surface area (Å²) in [6, 6.07) is 15.7. The Morgan fingerprint density at radius 2 is 1.87 bits per heavy atom. The largest absolute Gasteiger partial charge is 0.441 e. The molecule has 0 bridgehead atoms. The van der Waals surface area contributed by atoms with Gasteiger partial charge in [-0.1, -0.05) is 42.4 Å². The Kier molecular flexibility index (Phi) is 5.88. The number of hydrogen-bond acceptors (Lipinski definition) is 6. The molecule has 2 aromatic carbocycles. The van der Waals surface area contributed by atoms with Crippen LogP contribution in [0.3, 0.4) is 0 Å². The van der Waals surface area contributed by atoms with Gasteiger partial charge < -0.3 is 13.8 Å². The Balaban J connectivity index is 1.40. The monoisotopic (exact) mass is 404 g/mol. The van der Waals surface area contributed by atoms with Gasteiger partial charge in [0, 0.05) is 25.5 Å². The van der Waals surface area contributed by atoms with E-state index in [4.69, 9.17) is 8.94 Å². The molecule has 154 valence electrons. The Bertz CT molecular complexity index is 1130. The molecule has 0 atom stereocenters. The highest BCUT2D eigenvalue weighted by molar-refractivity contribution is 5.96. The second-order valence-electron chi connectivity index (χ2n) is 7.25. The average Bonchev–Trinajstić information content (AvgIpc) is 3.39. The number of amides is 1. The molecule has 7 heteroatoms. The first-order chi connectivity index (χ1) is 14.6. The fourth-order valence-corrected chi connectivity index (χ4v) is 3.31. The lowest BCUT2D eigenvalue weighted by atomic mass is 10.1. The molecule has 0 radical (unpaired) electrons. The summed E-state index contributed by atoms with van der Waals surface area (Å²) in [5.41, 5.74) is 3.23. The zero-order valence-electron chi connectivity index (χ0n) is 17.2. The summed E-state index contributed by atoms with van der Waals surface area (Å²) in [6.45, 7) is 2.22. The van der Waals surface area contributed by atoms with Crippen LogP contribution in [0, 0.1) is 0 Å². The van der Waals surface area contributed by atoms with Gasteiger partial charge in [0.2, 0.25) is 5.89 Å². The van der Waals surface area contributed by atoms with E-state index >= 15 is 0 Å². The molecule has 4 rings (SSSR count). The first-order valence-corrected chi connectivity index (χ1v) is 10.1. The number of carbonyl (C=O) groups excluding carboxylic acids is 1. The topological polar surface area (TPSA) is 85.3 Å². The van der Waals surface area contributed by atoms with Crippen LogP contribution in [0.5, 0.6) is 0 Å². The summed E-state index contributed by atoms with van der Waals surface area (Å²) in [6.07, 6.45) is 3.35. The minimum Gasteiger partial charge on any atom is -0.441 e. The van der Waals surface area contributed by atoms with E-state index < -0.39 is 0 Å². The molecule has 0 aliphatic rings. The normalized spacial score (nSPS) is 11.1. The van der Waals surface area contributed by atoms with Gasteiger partial charge in [0.1, 0.15) is 5.52 Å². The Hall–Kier alpha value is -3.48. The van der Waals surface area contributed by atoms with Gasteiger partial charge in [-0.15, -0.1) is 0 Å². The van der Waals surface area contributed by atoms with Gasteiger partial charge >= 0.3 is 0 Å². The van der Waals surface area contributed by atoms with Gasteiger partial charge in [-0.3, -0.25) is 4.79 Å². The minimum absolute atomic E-state index is 0.131. The lowest BCUT2D eigenvalue weighted by Gasteiger charge is -2.14. The van der Waals surface area contributed by atoms with Crippen LogP contribution < -0.4 is 0 Å². The van der Waals surface area contributed by atoms with Crippen LogP contribution in [0.2, 0.25) is 0 Å². The maximum absolute atomic E-state index is 12.8. The Morgan fingerprint density at radius 3 is 2.63 bits per heavy atom.